The van der Waals surface area contributed by atoms with E-state index in [9.17, 15) is 0 Å². The first-order chi connectivity index (χ1) is 5.81. The van der Waals surface area contributed by atoms with Gasteiger partial charge in [-0.2, -0.15) is 0 Å². The van der Waals surface area contributed by atoms with Crippen LogP contribution < -0.4 is 0 Å². The van der Waals surface area contributed by atoms with Crippen LogP contribution in [0.4, 0.5) is 0 Å². The van der Waals surface area contributed by atoms with Gasteiger partial charge >= 0.3 is 0 Å². The lowest BCUT2D eigenvalue weighted by Crippen LogP contribution is -1.80. The number of nitrogens with one attached hydrogen (secondary N) is 1. The molecule has 0 aliphatic heterocycles. The van der Waals surface area contributed by atoms with Gasteiger partial charge in [0.15, 0.2) is 10.8 Å². The fourth-order valence-corrected chi connectivity index (χ4v) is 1.21. The van der Waals surface area contributed by atoms with Gasteiger partial charge in [0, 0.05) is 0 Å². The lowest BCUT2D eigenvalue weighted by Gasteiger charge is -1.87. The summed E-state index contributed by atoms with van der Waals surface area (Å²) in [5.74, 6) is 0.959. The number of hydrogen-bond donors (Lipinski definition) is 1. The molecule has 0 bridgehead atoms. The third-order valence-corrected chi connectivity index (χ3v) is 1.96. The molecule has 0 aromatic carbocycles. The summed E-state index contributed by atoms with van der Waals surface area (Å²) in [6.45, 7) is 0. The van der Waals surface area contributed by atoms with E-state index in [2.05, 4.69) is 19.9 Å². The average Bonchev–Trinajstić information content (AvgIpc) is 2.49. The molecule has 0 amide bonds. The third-order valence-electron chi connectivity index (χ3n) is 1.42. The Hall–Kier alpha value is -0.870. The lowest BCUT2D eigenvalue weighted by molar-refractivity contribution is 1.13. The van der Waals surface area contributed by atoms with Gasteiger partial charge < -0.3 is 4.98 Å². The summed E-state index contributed by atoms with van der Waals surface area (Å²) in [7, 11) is 0. The van der Waals surface area contributed by atoms with Gasteiger partial charge in [0.05, 0.1) is 5.88 Å². The van der Waals surface area contributed by atoms with E-state index in [1.54, 1.807) is 0 Å². The van der Waals surface area contributed by atoms with Crippen LogP contribution >= 0.6 is 23.2 Å². The molecule has 12 heavy (non-hydrogen) atoms. The van der Waals surface area contributed by atoms with Crippen LogP contribution in [0.3, 0.4) is 0 Å². The Labute approximate surface area is 78.0 Å². The van der Waals surface area contributed by atoms with Crippen molar-refractivity contribution in [2.75, 3.05) is 0 Å². The number of aromatic nitrogens is 4. The average molecular weight is 203 g/mol. The van der Waals surface area contributed by atoms with E-state index in [0.717, 1.165) is 0 Å². The van der Waals surface area contributed by atoms with Crippen molar-refractivity contribution in [3.8, 4) is 0 Å². The van der Waals surface area contributed by atoms with E-state index in [4.69, 9.17) is 23.2 Å². The number of rotatable bonds is 1. The summed E-state index contributed by atoms with van der Waals surface area (Å²) in [4.78, 5) is 14.7. The molecule has 0 unspecified atom stereocenters. The van der Waals surface area contributed by atoms with E-state index in [1.165, 1.54) is 6.33 Å². The van der Waals surface area contributed by atoms with Crippen molar-refractivity contribution in [1.82, 2.24) is 19.9 Å². The minimum atomic E-state index is 0.312. The Morgan fingerprint density at radius 3 is 2.92 bits per heavy atom. The molecule has 4 nitrogen and oxygen atoms in total. The Morgan fingerprint density at radius 2 is 2.25 bits per heavy atom. The summed E-state index contributed by atoms with van der Waals surface area (Å²) >= 11 is 11.3. The van der Waals surface area contributed by atoms with Gasteiger partial charge in [-0.3, -0.25) is 0 Å². The molecule has 2 heterocycles. The molecule has 2 aromatic heterocycles. The maximum atomic E-state index is 5.76. The molecule has 0 aliphatic carbocycles. The van der Waals surface area contributed by atoms with E-state index in [1.807, 2.05) is 0 Å². The fourth-order valence-electron chi connectivity index (χ4n) is 0.911. The Kier molecular flexibility index (Phi) is 1.86. The fraction of sp³-hybridized carbons (Fsp3) is 0.167. The van der Waals surface area contributed by atoms with Crippen molar-refractivity contribution >= 4 is 34.4 Å². The maximum Gasteiger partial charge on any atom is 0.182 e. The molecule has 2 aromatic rings. The Morgan fingerprint density at radius 1 is 1.42 bits per heavy atom. The number of aromatic amines is 1. The van der Waals surface area contributed by atoms with Gasteiger partial charge in [-0.15, -0.1) is 11.6 Å². The summed E-state index contributed by atoms with van der Waals surface area (Å²) < 4.78 is 0. The van der Waals surface area contributed by atoms with Gasteiger partial charge in [-0.05, 0) is 0 Å². The van der Waals surface area contributed by atoms with Crippen LogP contribution in [0.5, 0.6) is 0 Å². The van der Waals surface area contributed by atoms with E-state index >= 15 is 0 Å². The third kappa shape index (κ3) is 1.13. The monoisotopic (exact) mass is 202 g/mol. The minimum Gasteiger partial charge on any atom is -0.337 e. The molecule has 0 spiro atoms. The number of halogens is 2. The summed E-state index contributed by atoms with van der Waals surface area (Å²) in [6, 6.07) is 0. The van der Waals surface area contributed by atoms with Crippen LogP contribution in [0.15, 0.2) is 6.33 Å². The Balaban J connectivity index is 2.74. The van der Waals surface area contributed by atoms with Gasteiger partial charge in [0.1, 0.15) is 17.7 Å². The first kappa shape index (κ1) is 7.76. The molecule has 6 heteroatoms. The summed E-state index contributed by atoms with van der Waals surface area (Å²) in [5.41, 5.74) is 1.18. The number of imidazole rings is 1. The predicted molar refractivity (Wildman–Crippen MR) is 46.3 cm³/mol. The van der Waals surface area contributed by atoms with Crippen LogP contribution in [0.1, 0.15) is 5.82 Å². The second-order valence-electron chi connectivity index (χ2n) is 2.18. The number of hydrogen-bond acceptors (Lipinski definition) is 3. The summed E-state index contributed by atoms with van der Waals surface area (Å²) in [6.07, 6.45) is 1.36. The first-order valence-corrected chi connectivity index (χ1v) is 4.13. The van der Waals surface area contributed by atoms with Crippen molar-refractivity contribution < 1.29 is 0 Å². The molecule has 0 atom stereocenters. The smallest absolute Gasteiger partial charge is 0.182 e. The highest BCUT2D eigenvalue weighted by Gasteiger charge is 2.05. The highest BCUT2D eigenvalue weighted by Crippen LogP contribution is 2.16. The molecule has 0 aliphatic rings. The molecule has 0 saturated carbocycles. The van der Waals surface area contributed by atoms with Crippen LogP contribution in [0.25, 0.3) is 11.2 Å². The van der Waals surface area contributed by atoms with E-state index in [-0.39, 0.29) is 0 Å². The van der Waals surface area contributed by atoms with Crippen LogP contribution in [-0.4, -0.2) is 19.9 Å². The standard InChI is InChI=1S/C6H4Cl2N4/c7-1-3-11-4-5(8)9-2-10-6(4)12-3/h2H,1H2,(H,9,10,11,12). The zero-order valence-electron chi connectivity index (χ0n) is 5.88. The van der Waals surface area contributed by atoms with Crippen molar-refractivity contribution in [2.45, 2.75) is 5.88 Å². The molecule has 62 valence electrons. The van der Waals surface area contributed by atoms with E-state index in [0.29, 0.717) is 28.0 Å². The van der Waals surface area contributed by atoms with Gasteiger partial charge in [-0.1, -0.05) is 11.6 Å². The van der Waals surface area contributed by atoms with Gasteiger partial charge in [0.25, 0.3) is 0 Å². The highest BCUT2D eigenvalue weighted by molar-refractivity contribution is 6.33. The number of nitrogens with zero attached hydrogens (tertiary/aromatic N) is 3. The molecular formula is C6H4Cl2N4. The molecular weight excluding hydrogens is 199 g/mol. The first-order valence-electron chi connectivity index (χ1n) is 3.22. The lowest BCUT2D eigenvalue weighted by atomic mass is 10.6. The van der Waals surface area contributed by atoms with Crippen molar-refractivity contribution in [3.63, 3.8) is 0 Å². The summed E-state index contributed by atoms with van der Waals surface area (Å²) in [5, 5.41) is 0.365. The number of H-pyrrole nitrogens is 1. The number of fused-ring (bicyclic) bond motifs is 1. The normalized spacial score (nSPS) is 10.8. The minimum absolute atomic E-state index is 0.312. The molecule has 0 fully saturated rings. The maximum absolute atomic E-state index is 5.76. The van der Waals surface area contributed by atoms with Crippen LogP contribution in [-0.2, 0) is 5.88 Å². The zero-order chi connectivity index (χ0) is 8.55. The largest absolute Gasteiger partial charge is 0.337 e. The van der Waals surface area contributed by atoms with Crippen molar-refractivity contribution in [2.24, 2.45) is 0 Å². The van der Waals surface area contributed by atoms with E-state index < -0.39 is 0 Å². The van der Waals surface area contributed by atoms with Crippen molar-refractivity contribution in [3.05, 3.63) is 17.3 Å². The molecule has 1 N–H and O–H groups in total. The van der Waals surface area contributed by atoms with Crippen molar-refractivity contribution in [1.29, 1.82) is 0 Å². The highest BCUT2D eigenvalue weighted by atomic mass is 35.5. The van der Waals surface area contributed by atoms with Crippen LogP contribution in [0.2, 0.25) is 5.15 Å². The van der Waals surface area contributed by atoms with Gasteiger partial charge in [-0.25, -0.2) is 15.0 Å². The zero-order valence-corrected chi connectivity index (χ0v) is 7.39. The SMILES string of the molecule is ClCc1nc2ncnc(Cl)c2[nH]1. The second-order valence-corrected chi connectivity index (χ2v) is 2.81. The predicted octanol–water partition coefficient (Wildman–Crippen LogP) is 1.75. The molecule has 0 radical (unpaired) electrons. The van der Waals surface area contributed by atoms with Crippen LogP contribution in [0, 0.1) is 0 Å². The molecule has 2 rings (SSSR count). The topological polar surface area (TPSA) is 54.5 Å². The van der Waals surface area contributed by atoms with Gasteiger partial charge in [0.2, 0.25) is 0 Å². The Bertz CT molecular complexity index is 411. The quantitative estimate of drug-likeness (QED) is 0.567. The second kappa shape index (κ2) is 2.88. The number of alkyl halides is 1. The molecule has 0 saturated heterocycles.